The number of amides is 1. The predicted octanol–water partition coefficient (Wildman–Crippen LogP) is 3.05. The summed E-state index contributed by atoms with van der Waals surface area (Å²) in [7, 11) is 1.73. The summed E-state index contributed by atoms with van der Waals surface area (Å²) in [4.78, 5) is 25.5. The lowest BCUT2D eigenvalue weighted by Crippen LogP contribution is -2.33. The molecule has 0 radical (unpaired) electrons. The molecule has 2 heterocycles. The summed E-state index contributed by atoms with van der Waals surface area (Å²) in [6, 6.07) is 1.95. The van der Waals surface area contributed by atoms with E-state index in [0.717, 1.165) is 11.9 Å². The highest BCUT2D eigenvalue weighted by molar-refractivity contribution is 5.97. The van der Waals surface area contributed by atoms with Crippen LogP contribution >= 0.6 is 0 Å². The Kier molecular flexibility index (Phi) is 5.26. The SMILES string of the molecule is CCC(NC(=O)c1cn(CC)c2c(F)c(F)c(F)cc2c1=O)c1ccnn1C. The molecule has 6 nitrogen and oxygen atoms in total. The molecule has 1 amide bonds. The van der Waals surface area contributed by atoms with Crippen LogP contribution in [0, 0.1) is 17.5 Å². The molecule has 148 valence electrons. The number of halogens is 3. The van der Waals surface area contributed by atoms with E-state index in [2.05, 4.69) is 10.4 Å². The zero-order valence-electron chi connectivity index (χ0n) is 15.6. The van der Waals surface area contributed by atoms with Gasteiger partial charge in [0.25, 0.3) is 5.91 Å². The van der Waals surface area contributed by atoms with Crippen LogP contribution in [0.15, 0.2) is 29.3 Å². The number of nitrogens with zero attached hydrogens (tertiary/aromatic N) is 3. The van der Waals surface area contributed by atoms with Gasteiger partial charge in [0.2, 0.25) is 5.43 Å². The van der Waals surface area contributed by atoms with E-state index in [9.17, 15) is 22.8 Å². The summed E-state index contributed by atoms with van der Waals surface area (Å²) in [6.07, 6.45) is 3.29. The Bertz CT molecular complexity index is 1120. The molecule has 1 unspecified atom stereocenters. The molecule has 2 aromatic heterocycles. The van der Waals surface area contributed by atoms with Gasteiger partial charge in [0, 0.05) is 26.0 Å². The standard InChI is InChI=1S/C19H19F3N4O2/c1-4-13(14-6-7-23-25(14)3)24-19(28)11-9-26(5-2)17-10(18(11)27)8-12(20)15(21)16(17)22/h6-9,13H,4-5H2,1-3H3,(H,24,28). The van der Waals surface area contributed by atoms with Crippen LogP contribution in [0.1, 0.15) is 42.4 Å². The minimum Gasteiger partial charge on any atom is -0.344 e. The maximum Gasteiger partial charge on any atom is 0.257 e. The second-order valence-electron chi connectivity index (χ2n) is 6.35. The number of pyridine rings is 1. The maximum absolute atomic E-state index is 14.2. The van der Waals surface area contributed by atoms with Crippen LogP contribution in [0.3, 0.4) is 0 Å². The number of fused-ring (bicyclic) bond motifs is 1. The molecular formula is C19H19F3N4O2. The highest BCUT2D eigenvalue weighted by atomic mass is 19.2. The second-order valence-corrected chi connectivity index (χ2v) is 6.35. The molecule has 28 heavy (non-hydrogen) atoms. The van der Waals surface area contributed by atoms with Crippen molar-refractivity contribution in [3.8, 4) is 0 Å². The summed E-state index contributed by atoms with van der Waals surface area (Å²) in [5, 5.41) is 6.42. The van der Waals surface area contributed by atoms with Crippen LogP contribution in [0.25, 0.3) is 10.9 Å². The first-order chi connectivity index (χ1) is 13.3. The molecule has 1 N–H and O–H groups in total. The van der Waals surface area contributed by atoms with Gasteiger partial charge in [-0.2, -0.15) is 5.10 Å². The fraction of sp³-hybridized carbons (Fsp3) is 0.316. The molecule has 0 aliphatic heterocycles. The summed E-state index contributed by atoms with van der Waals surface area (Å²) in [5.41, 5.74) is -0.775. The molecule has 3 rings (SSSR count). The molecule has 0 bridgehead atoms. The van der Waals surface area contributed by atoms with Crippen molar-refractivity contribution >= 4 is 16.8 Å². The van der Waals surface area contributed by atoms with Gasteiger partial charge in [-0.25, -0.2) is 13.2 Å². The van der Waals surface area contributed by atoms with Crippen LogP contribution in [-0.4, -0.2) is 20.3 Å². The van der Waals surface area contributed by atoms with Crippen LogP contribution in [0.2, 0.25) is 0 Å². The van der Waals surface area contributed by atoms with Gasteiger partial charge in [-0.1, -0.05) is 6.92 Å². The van der Waals surface area contributed by atoms with Gasteiger partial charge in [0.05, 0.1) is 22.6 Å². The number of carbonyl (C=O) groups excluding carboxylic acids is 1. The van der Waals surface area contributed by atoms with E-state index in [4.69, 9.17) is 0 Å². The van der Waals surface area contributed by atoms with Crippen LogP contribution in [0.4, 0.5) is 13.2 Å². The topological polar surface area (TPSA) is 68.9 Å². The van der Waals surface area contributed by atoms with Crippen molar-refractivity contribution in [1.29, 1.82) is 0 Å². The summed E-state index contributed by atoms with van der Waals surface area (Å²) >= 11 is 0. The number of hydrogen-bond acceptors (Lipinski definition) is 3. The highest BCUT2D eigenvalue weighted by Gasteiger charge is 2.24. The summed E-state index contributed by atoms with van der Waals surface area (Å²) < 4.78 is 44.4. The average molecular weight is 392 g/mol. The lowest BCUT2D eigenvalue weighted by atomic mass is 10.1. The third kappa shape index (κ3) is 3.17. The van der Waals surface area contributed by atoms with Crippen molar-refractivity contribution in [2.75, 3.05) is 0 Å². The molecule has 0 saturated heterocycles. The molecule has 9 heteroatoms. The van der Waals surface area contributed by atoms with E-state index < -0.39 is 34.8 Å². The minimum absolute atomic E-state index is 0.151. The van der Waals surface area contributed by atoms with E-state index in [0.29, 0.717) is 12.5 Å². The number of aryl methyl sites for hydroxylation is 2. The first-order valence-corrected chi connectivity index (χ1v) is 8.79. The van der Waals surface area contributed by atoms with Crippen molar-refractivity contribution in [1.82, 2.24) is 19.7 Å². The van der Waals surface area contributed by atoms with Gasteiger partial charge >= 0.3 is 0 Å². The lowest BCUT2D eigenvalue weighted by molar-refractivity contribution is 0.0932. The van der Waals surface area contributed by atoms with Crippen molar-refractivity contribution in [2.45, 2.75) is 32.9 Å². The van der Waals surface area contributed by atoms with Gasteiger partial charge < -0.3 is 9.88 Å². The summed E-state index contributed by atoms with van der Waals surface area (Å²) in [5.74, 6) is -5.29. The van der Waals surface area contributed by atoms with E-state index in [1.165, 1.54) is 4.57 Å². The molecule has 0 saturated carbocycles. The van der Waals surface area contributed by atoms with Gasteiger partial charge in [-0.15, -0.1) is 0 Å². The second kappa shape index (κ2) is 7.49. The smallest absolute Gasteiger partial charge is 0.257 e. The van der Waals surface area contributed by atoms with Gasteiger partial charge in [0.15, 0.2) is 17.5 Å². The van der Waals surface area contributed by atoms with E-state index >= 15 is 0 Å². The Balaban J connectivity index is 2.11. The van der Waals surface area contributed by atoms with Gasteiger partial charge in [-0.05, 0) is 25.5 Å². The van der Waals surface area contributed by atoms with Crippen LogP contribution in [0.5, 0.6) is 0 Å². The first-order valence-electron chi connectivity index (χ1n) is 8.79. The molecule has 0 fully saturated rings. The van der Waals surface area contributed by atoms with Crippen LogP contribution < -0.4 is 10.7 Å². The lowest BCUT2D eigenvalue weighted by Gasteiger charge is -2.18. The number of aromatic nitrogens is 3. The molecule has 1 atom stereocenters. The zero-order valence-corrected chi connectivity index (χ0v) is 15.6. The highest BCUT2D eigenvalue weighted by Crippen LogP contribution is 2.22. The average Bonchev–Trinajstić information content (AvgIpc) is 3.10. The Labute approximate surface area is 158 Å². The number of nitrogens with one attached hydrogen (secondary N) is 1. The third-order valence-electron chi connectivity index (χ3n) is 4.71. The van der Waals surface area contributed by atoms with E-state index in [1.807, 2.05) is 6.92 Å². The molecule has 1 aromatic carbocycles. The Morgan fingerprint density at radius 1 is 1.25 bits per heavy atom. The van der Waals surface area contributed by atoms with Gasteiger partial charge in [-0.3, -0.25) is 14.3 Å². The molecule has 3 aromatic rings. The van der Waals surface area contributed by atoms with Crippen molar-refractivity contribution in [3.63, 3.8) is 0 Å². The Morgan fingerprint density at radius 2 is 1.96 bits per heavy atom. The monoisotopic (exact) mass is 392 g/mol. The normalized spacial score (nSPS) is 12.4. The third-order valence-corrected chi connectivity index (χ3v) is 4.71. The first kappa shape index (κ1) is 19.7. The molecule has 0 aliphatic carbocycles. The van der Waals surface area contributed by atoms with Crippen molar-refractivity contribution in [2.24, 2.45) is 7.05 Å². The fourth-order valence-electron chi connectivity index (χ4n) is 3.22. The van der Waals surface area contributed by atoms with E-state index in [-0.39, 0.29) is 23.0 Å². The largest absolute Gasteiger partial charge is 0.344 e. The maximum atomic E-state index is 14.2. The minimum atomic E-state index is -1.66. The van der Waals surface area contributed by atoms with E-state index in [1.54, 1.807) is 30.9 Å². The number of carbonyl (C=O) groups is 1. The number of benzene rings is 1. The molecule has 0 aliphatic rings. The Hall–Kier alpha value is -3.10. The Morgan fingerprint density at radius 3 is 2.54 bits per heavy atom. The van der Waals surface area contributed by atoms with Crippen molar-refractivity contribution < 1.29 is 18.0 Å². The number of hydrogen-bond donors (Lipinski definition) is 1. The number of rotatable bonds is 5. The zero-order chi connectivity index (χ0) is 20.6. The van der Waals surface area contributed by atoms with Crippen LogP contribution in [-0.2, 0) is 13.6 Å². The quantitative estimate of drug-likeness (QED) is 0.679. The van der Waals surface area contributed by atoms with Gasteiger partial charge in [0.1, 0.15) is 5.56 Å². The molecule has 0 spiro atoms. The summed E-state index contributed by atoms with van der Waals surface area (Å²) in [6.45, 7) is 3.64. The van der Waals surface area contributed by atoms with Crippen molar-refractivity contribution in [3.05, 3.63) is 63.5 Å². The molecular weight excluding hydrogens is 373 g/mol. The fourth-order valence-corrected chi connectivity index (χ4v) is 3.22. The predicted molar refractivity (Wildman–Crippen MR) is 97.5 cm³/mol.